The number of nitrogens with zero attached hydrogens (tertiary/aromatic N) is 1. The summed E-state index contributed by atoms with van der Waals surface area (Å²) in [6, 6.07) is 12.9. The zero-order chi connectivity index (χ0) is 18.7. The molecule has 1 aliphatic heterocycles. The molecule has 0 bridgehead atoms. The summed E-state index contributed by atoms with van der Waals surface area (Å²) in [5.74, 6) is -1.01. The number of thioether (sulfide) groups is 1. The second-order valence-electron chi connectivity index (χ2n) is 5.86. The van der Waals surface area contributed by atoms with Crippen molar-refractivity contribution in [2.24, 2.45) is 0 Å². The van der Waals surface area contributed by atoms with Crippen LogP contribution in [0.25, 0.3) is 0 Å². The van der Waals surface area contributed by atoms with Crippen LogP contribution >= 0.6 is 11.8 Å². The van der Waals surface area contributed by atoms with Crippen LogP contribution in [0.2, 0.25) is 0 Å². The Bertz CT molecular complexity index is 837. The number of hydrogen-bond acceptors (Lipinski definition) is 4. The third-order valence-corrected chi connectivity index (χ3v) is 5.11. The van der Waals surface area contributed by atoms with Gasteiger partial charge >= 0.3 is 0 Å². The van der Waals surface area contributed by atoms with Crippen LogP contribution in [0.1, 0.15) is 18.9 Å². The molecule has 1 fully saturated rings. The Kier molecular flexibility index (Phi) is 5.37. The summed E-state index contributed by atoms with van der Waals surface area (Å²) in [6.07, 6.45) is 0.847. The molecule has 2 aromatic carbocycles. The van der Waals surface area contributed by atoms with E-state index in [1.54, 1.807) is 0 Å². The lowest BCUT2D eigenvalue weighted by molar-refractivity contribution is -0.121. The quantitative estimate of drug-likeness (QED) is 0.840. The minimum atomic E-state index is -0.645. The summed E-state index contributed by atoms with van der Waals surface area (Å²) >= 11 is 1.07. The van der Waals surface area contributed by atoms with Crippen LogP contribution < -0.4 is 10.2 Å². The molecule has 0 aromatic heterocycles. The zero-order valence-corrected chi connectivity index (χ0v) is 15.0. The lowest BCUT2D eigenvalue weighted by Crippen LogP contribution is -2.33. The van der Waals surface area contributed by atoms with Gasteiger partial charge in [-0.15, -0.1) is 0 Å². The molecule has 26 heavy (non-hydrogen) atoms. The number of rotatable bonds is 5. The van der Waals surface area contributed by atoms with Crippen LogP contribution in [0.15, 0.2) is 48.5 Å². The highest BCUT2D eigenvalue weighted by Crippen LogP contribution is 2.33. The van der Waals surface area contributed by atoms with Gasteiger partial charge < -0.3 is 5.32 Å². The van der Waals surface area contributed by atoms with Crippen molar-refractivity contribution in [3.05, 3.63) is 59.9 Å². The second kappa shape index (κ2) is 7.70. The molecule has 1 saturated heterocycles. The number of nitrogens with one attached hydrogen (secondary N) is 2. The van der Waals surface area contributed by atoms with E-state index in [1.807, 2.05) is 31.2 Å². The molecular formula is C19H18FN3O2S. The molecule has 1 aliphatic rings. The van der Waals surface area contributed by atoms with Gasteiger partial charge in [-0.2, -0.15) is 0 Å². The minimum Gasteiger partial charge on any atom is -0.326 e. The molecule has 5 nitrogen and oxygen atoms in total. The van der Waals surface area contributed by atoms with Crippen LogP contribution in [0.4, 0.5) is 15.8 Å². The van der Waals surface area contributed by atoms with Gasteiger partial charge in [0.1, 0.15) is 11.1 Å². The molecule has 0 spiro atoms. The summed E-state index contributed by atoms with van der Waals surface area (Å²) in [5.41, 5.74) is 2.25. The number of halogens is 1. The molecule has 0 saturated carbocycles. The zero-order valence-electron chi connectivity index (χ0n) is 14.2. The van der Waals surface area contributed by atoms with E-state index >= 15 is 0 Å². The number of amides is 2. The van der Waals surface area contributed by atoms with Crippen molar-refractivity contribution in [2.75, 3.05) is 10.2 Å². The number of anilines is 2. The second-order valence-corrected chi connectivity index (χ2v) is 7.06. The molecular weight excluding hydrogens is 353 g/mol. The molecule has 1 atom stereocenters. The molecule has 2 aromatic rings. The van der Waals surface area contributed by atoms with Gasteiger partial charge in [-0.05, 0) is 48.4 Å². The van der Waals surface area contributed by atoms with E-state index in [1.165, 1.54) is 29.2 Å². The van der Waals surface area contributed by atoms with E-state index in [0.717, 1.165) is 23.7 Å². The van der Waals surface area contributed by atoms with Crippen molar-refractivity contribution in [3.8, 4) is 0 Å². The van der Waals surface area contributed by atoms with Crippen LogP contribution in [-0.2, 0) is 16.0 Å². The molecule has 2 N–H and O–H groups in total. The topological polar surface area (TPSA) is 73.3 Å². The fourth-order valence-electron chi connectivity index (χ4n) is 2.65. The number of aryl methyl sites for hydroxylation is 1. The Morgan fingerprint density at radius 2 is 1.85 bits per heavy atom. The normalized spacial score (nSPS) is 16.8. The first-order valence-electron chi connectivity index (χ1n) is 8.21. The third kappa shape index (κ3) is 3.94. The van der Waals surface area contributed by atoms with E-state index in [-0.39, 0.29) is 29.2 Å². The molecule has 0 aliphatic carbocycles. The van der Waals surface area contributed by atoms with E-state index in [0.29, 0.717) is 11.4 Å². The van der Waals surface area contributed by atoms with Crippen LogP contribution in [0, 0.1) is 11.2 Å². The van der Waals surface area contributed by atoms with Crippen molar-refractivity contribution in [3.63, 3.8) is 0 Å². The Morgan fingerprint density at radius 1 is 1.19 bits per heavy atom. The van der Waals surface area contributed by atoms with Crippen LogP contribution in [0.3, 0.4) is 0 Å². The van der Waals surface area contributed by atoms with Gasteiger partial charge in [-0.25, -0.2) is 4.39 Å². The first kappa shape index (κ1) is 18.1. The largest absolute Gasteiger partial charge is 0.326 e. The number of carbonyl (C=O) groups excluding carboxylic acids is 2. The Balaban J connectivity index is 1.66. The standard InChI is InChI=1S/C19H18FN3O2S/c1-2-12-3-9-15(10-4-12)23-18(25)16(26-19(23)21)11-17(24)22-14-7-5-13(20)6-8-14/h3-10,16,21H,2,11H2,1H3,(H,22,24). The fraction of sp³-hybridized carbons (Fsp3) is 0.211. The van der Waals surface area contributed by atoms with E-state index < -0.39 is 5.25 Å². The number of carbonyl (C=O) groups is 2. The van der Waals surface area contributed by atoms with Crippen molar-refractivity contribution in [2.45, 2.75) is 25.0 Å². The fourth-order valence-corrected chi connectivity index (χ4v) is 3.66. The van der Waals surface area contributed by atoms with Gasteiger partial charge in [0.25, 0.3) is 0 Å². The Morgan fingerprint density at radius 3 is 2.46 bits per heavy atom. The van der Waals surface area contributed by atoms with Gasteiger partial charge in [-0.3, -0.25) is 19.9 Å². The molecule has 1 unspecified atom stereocenters. The molecule has 3 rings (SSSR count). The monoisotopic (exact) mass is 371 g/mol. The minimum absolute atomic E-state index is 0.0488. The summed E-state index contributed by atoms with van der Waals surface area (Å²) in [5, 5.41) is 10.2. The SMILES string of the molecule is CCc1ccc(N2C(=N)SC(CC(=O)Nc3ccc(F)cc3)C2=O)cc1. The smallest absolute Gasteiger partial charge is 0.247 e. The molecule has 7 heteroatoms. The van der Waals surface area contributed by atoms with Gasteiger partial charge in [0.15, 0.2) is 5.17 Å². The lowest BCUT2D eigenvalue weighted by Gasteiger charge is -2.16. The lowest BCUT2D eigenvalue weighted by atomic mass is 10.1. The van der Waals surface area contributed by atoms with E-state index in [4.69, 9.17) is 5.41 Å². The average molecular weight is 371 g/mol. The van der Waals surface area contributed by atoms with Crippen molar-refractivity contribution < 1.29 is 14.0 Å². The maximum atomic E-state index is 12.9. The summed E-state index contributed by atoms with van der Waals surface area (Å²) in [4.78, 5) is 26.1. The van der Waals surface area contributed by atoms with Crippen molar-refractivity contribution in [1.82, 2.24) is 0 Å². The van der Waals surface area contributed by atoms with Crippen LogP contribution in [0.5, 0.6) is 0 Å². The number of hydrogen-bond donors (Lipinski definition) is 2. The highest BCUT2D eigenvalue weighted by atomic mass is 32.2. The maximum absolute atomic E-state index is 12.9. The average Bonchev–Trinajstić information content (AvgIpc) is 2.90. The van der Waals surface area contributed by atoms with E-state index in [2.05, 4.69) is 5.32 Å². The van der Waals surface area contributed by atoms with Crippen LogP contribution in [-0.4, -0.2) is 22.2 Å². The highest BCUT2D eigenvalue weighted by molar-refractivity contribution is 8.16. The third-order valence-electron chi connectivity index (χ3n) is 4.05. The first-order valence-corrected chi connectivity index (χ1v) is 9.09. The van der Waals surface area contributed by atoms with Crippen molar-refractivity contribution in [1.29, 1.82) is 5.41 Å². The van der Waals surface area contributed by atoms with Gasteiger partial charge in [-0.1, -0.05) is 30.8 Å². The maximum Gasteiger partial charge on any atom is 0.247 e. The predicted octanol–water partition coefficient (Wildman–Crippen LogP) is 3.80. The highest BCUT2D eigenvalue weighted by Gasteiger charge is 2.39. The summed E-state index contributed by atoms with van der Waals surface area (Å²) in [7, 11) is 0. The van der Waals surface area contributed by atoms with Gasteiger partial charge in [0, 0.05) is 12.1 Å². The predicted molar refractivity (Wildman–Crippen MR) is 102 cm³/mol. The van der Waals surface area contributed by atoms with E-state index in [9.17, 15) is 14.0 Å². The molecule has 134 valence electrons. The number of benzene rings is 2. The van der Waals surface area contributed by atoms with Gasteiger partial charge in [0.2, 0.25) is 11.8 Å². The molecule has 2 amide bonds. The van der Waals surface area contributed by atoms with Crippen molar-refractivity contribution >= 4 is 40.1 Å². The Hall–Kier alpha value is -2.67. The van der Waals surface area contributed by atoms with Gasteiger partial charge in [0.05, 0.1) is 5.69 Å². The summed E-state index contributed by atoms with van der Waals surface area (Å²) < 4.78 is 12.9. The first-order chi connectivity index (χ1) is 12.5. The Labute approximate surface area is 155 Å². The number of amidine groups is 1. The summed E-state index contributed by atoms with van der Waals surface area (Å²) in [6.45, 7) is 2.05. The molecule has 1 heterocycles. The molecule has 0 radical (unpaired) electrons.